The fourth-order valence-corrected chi connectivity index (χ4v) is 1.50. The smallest absolute Gasteiger partial charge is 0.128 e. The second-order valence-corrected chi connectivity index (χ2v) is 5.06. The zero-order valence-electron chi connectivity index (χ0n) is 9.35. The van der Waals surface area contributed by atoms with Gasteiger partial charge in [-0.25, -0.2) is 4.39 Å². The van der Waals surface area contributed by atoms with Gasteiger partial charge in [0.05, 0.1) is 0 Å². The Morgan fingerprint density at radius 3 is 2.53 bits per heavy atom. The van der Waals surface area contributed by atoms with E-state index in [9.17, 15) is 4.39 Å². The summed E-state index contributed by atoms with van der Waals surface area (Å²) in [5.41, 5.74) is 0.714. The maximum atomic E-state index is 13.4. The van der Waals surface area contributed by atoms with Crippen LogP contribution in [0.15, 0.2) is 22.7 Å². The van der Waals surface area contributed by atoms with Crippen molar-refractivity contribution in [2.75, 3.05) is 0 Å². The van der Waals surface area contributed by atoms with Crippen molar-refractivity contribution in [3.8, 4) is 0 Å². The van der Waals surface area contributed by atoms with E-state index in [2.05, 4.69) is 42.0 Å². The lowest BCUT2D eigenvalue weighted by Crippen LogP contribution is -2.30. The van der Waals surface area contributed by atoms with Crippen LogP contribution in [-0.4, -0.2) is 6.04 Å². The zero-order chi connectivity index (χ0) is 11.4. The third-order valence-corrected chi connectivity index (χ3v) is 3.12. The maximum absolute atomic E-state index is 13.4. The molecule has 0 bridgehead atoms. The van der Waals surface area contributed by atoms with E-state index in [0.29, 0.717) is 24.1 Å². The zero-order valence-corrected chi connectivity index (χ0v) is 10.9. The molecule has 0 amide bonds. The molecule has 84 valence electrons. The Hall–Kier alpha value is -0.410. The number of hydrogen-bond donors (Lipinski definition) is 1. The van der Waals surface area contributed by atoms with Crippen molar-refractivity contribution >= 4 is 15.9 Å². The third kappa shape index (κ3) is 3.92. The summed E-state index contributed by atoms with van der Waals surface area (Å²) in [7, 11) is 0. The van der Waals surface area contributed by atoms with Gasteiger partial charge in [0.2, 0.25) is 0 Å². The van der Waals surface area contributed by atoms with E-state index in [0.717, 1.165) is 4.47 Å². The molecule has 0 saturated carbocycles. The summed E-state index contributed by atoms with van der Waals surface area (Å²) in [5.74, 6) is 0.399. The van der Waals surface area contributed by atoms with Gasteiger partial charge < -0.3 is 5.32 Å². The van der Waals surface area contributed by atoms with Crippen LogP contribution in [-0.2, 0) is 6.54 Å². The van der Waals surface area contributed by atoms with Crippen molar-refractivity contribution in [2.45, 2.75) is 33.4 Å². The molecule has 0 heterocycles. The van der Waals surface area contributed by atoms with Gasteiger partial charge in [-0.2, -0.15) is 0 Å². The Balaban J connectivity index is 2.58. The SMILES string of the molecule is CC(C)C(C)NCc1ccc(Br)cc1F. The van der Waals surface area contributed by atoms with E-state index in [1.54, 1.807) is 6.07 Å². The molecule has 0 aromatic heterocycles. The first-order valence-corrected chi connectivity index (χ1v) is 5.97. The van der Waals surface area contributed by atoms with Crippen LogP contribution in [0.3, 0.4) is 0 Å². The summed E-state index contributed by atoms with van der Waals surface area (Å²) in [6.45, 7) is 6.99. The van der Waals surface area contributed by atoms with E-state index in [1.807, 2.05) is 6.07 Å². The summed E-state index contributed by atoms with van der Waals surface area (Å²) in [4.78, 5) is 0. The fourth-order valence-electron chi connectivity index (χ4n) is 1.17. The molecule has 0 aliphatic heterocycles. The second-order valence-electron chi connectivity index (χ2n) is 4.15. The van der Waals surface area contributed by atoms with Gasteiger partial charge in [0.15, 0.2) is 0 Å². The van der Waals surface area contributed by atoms with Crippen molar-refractivity contribution in [2.24, 2.45) is 5.92 Å². The van der Waals surface area contributed by atoms with Gasteiger partial charge in [-0.3, -0.25) is 0 Å². The average Bonchev–Trinajstić information content (AvgIpc) is 2.15. The molecule has 3 heteroatoms. The Morgan fingerprint density at radius 1 is 1.33 bits per heavy atom. The number of hydrogen-bond acceptors (Lipinski definition) is 1. The Bertz CT molecular complexity index is 325. The first-order chi connectivity index (χ1) is 7.00. The lowest BCUT2D eigenvalue weighted by atomic mass is 10.1. The summed E-state index contributed by atoms with van der Waals surface area (Å²) in [6, 6.07) is 5.56. The fraction of sp³-hybridized carbons (Fsp3) is 0.500. The number of nitrogens with one attached hydrogen (secondary N) is 1. The van der Waals surface area contributed by atoms with Crippen molar-refractivity contribution in [3.05, 3.63) is 34.1 Å². The molecule has 0 radical (unpaired) electrons. The van der Waals surface area contributed by atoms with Crippen LogP contribution in [0.25, 0.3) is 0 Å². The molecule has 1 N–H and O–H groups in total. The van der Waals surface area contributed by atoms with Gasteiger partial charge in [-0.05, 0) is 25.0 Å². The lowest BCUT2D eigenvalue weighted by molar-refractivity contribution is 0.421. The molecular formula is C12H17BrFN. The largest absolute Gasteiger partial charge is 0.310 e. The Morgan fingerprint density at radius 2 is 2.00 bits per heavy atom. The highest BCUT2D eigenvalue weighted by Gasteiger charge is 2.08. The minimum Gasteiger partial charge on any atom is -0.310 e. The highest BCUT2D eigenvalue weighted by molar-refractivity contribution is 9.10. The minimum atomic E-state index is -0.159. The average molecular weight is 274 g/mol. The van der Waals surface area contributed by atoms with Gasteiger partial charge in [-0.15, -0.1) is 0 Å². The van der Waals surface area contributed by atoms with Crippen molar-refractivity contribution in [1.29, 1.82) is 0 Å². The normalized spacial score (nSPS) is 13.2. The van der Waals surface area contributed by atoms with Crippen molar-refractivity contribution in [3.63, 3.8) is 0 Å². The van der Waals surface area contributed by atoms with Crippen LogP contribution in [0.2, 0.25) is 0 Å². The highest BCUT2D eigenvalue weighted by atomic mass is 79.9. The maximum Gasteiger partial charge on any atom is 0.128 e. The number of benzene rings is 1. The van der Waals surface area contributed by atoms with Gasteiger partial charge >= 0.3 is 0 Å². The molecule has 15 heavy (non-hydrogen) atoms. The molecule has 1 unspecified atom stereocenters. The molecule has 1 aromatic rings. The number of halogens is 2. The van der Waals surface area contributed by atoms with Crippen LogP contribution in [0.4, 0.5) is 4.39 Å². The topological polar surface area (TPSA) is 12.0 Å². The monoisotopic (exact) mass is 273 g/mol. The first kappa shape index (κ1) is 12.7. The molecule has 1 aromatic carbocycles. The molecule has 0 saturated heterocycles. The van der Waals surface area contributed by atoms with Crippen LogP contribution >= 0.6 is 15.9 Å². The first-order valence-electron chi connectivity index (χ1n) is 5.18. The van der Waals surface area contributed by atoms with Gasteiger partial charge in [0.25, 0.3) is 0 Å². The van der Waals surface area contributed by atoms with Gasteiger partial charge in [0, 0.05) is 22.6 Å². The van der Waals surface area contributed by atoms with Crippen LogP contribution in [0.5, 0.6) is 0 Å². The minimum absolute atomic E-state index is 0.159. The van der Waals surface area contributed by atoms with Crippen molar-refractivity contribution < 1.29 is 4.39 Å². The quantitative estimate of drug-likeness (QED) is 0.882. The van der Waals surface area contributed by atoms with Gasteiger partial charge in [0.1, 0.15) is 5.82 Å². The summed E-state index contributed by atoms with van der Waals surface area (Å²) in [6.07, 6.45) is 0. The summed E-state index contributed by atoms with van der Waals surface area (Å²) >= 11 is 3.24. The molecule has 0 aliphatic carbocycles. The third-order valence-electron chi connectivity index (χ3n) is 2.63. The molecule has 0 aliphatic rings. The van der Waals surface area contributed by atoms with E-state index in [4.69, 9.17) is 0 Å². The molecule has 1 rings (SSSR count). The van der Waals surface area contributed by atoms with E-state index in [1.165, 1.54) is 6.07 Å². The second kappa shape index (κ2) is 5.61. The van der Waals surface area contributed by atoms with Gasteiger partial charge in [-0.1, -0.05) is 35.8 Å². The molecular weight excluding hydrogens is 257 g/mol. The molecule has 1 atom stereocenters. The Labute approximate surface area is 99.2 Å². The summed E-state index contributed by atoms with van der Waals surface area (Å²) < 4.78 is 14.2. The highest BCUT2D eigenvalue weighted by Crippen LogP contribution is 2.15. The molecule has 1 nitrogen and oxygen atoms in total. The van der Waals surface area contributed by atoms with E-state index < -0.39 is 0 Å². The van der Waals surface area contributed by atoms with E-state index >= 15 is 0 Å². The Kier molecular flexibility index (Phi) is 4.74. The van der Waals surface area contributed by atoms with Crippen molar-refractivity contribution in [1.82, 2.24) is 5.32 Å². The molecule has 0 spiro atoms. The number of rotatable bonds is 4. The van der Waals surface area contributed by atoms with E-state index in [-0.39, 0.29) is 5.82 Å². The van der Waals surface area contributed by atoms with Crippen LogP contribution in [0, 0.1) is 11.7 Å². The lowest BCUT2D eigenvalue weighted by Gasteiger charge is -2.17. The predicted octanol–water partition coefficient (Wildman–Crippen LogP) is 3.72. The molecule has 0 fully saturated rings. The standard InChI is InChI=1S/C12H17BrFN/c1-8(2)9(3)15-7-10-4-5-11(13)6-12(10)14/h4-6,8-9,15H,7H2,1-3H3. The predicted molar refractivity (Wildman–Crippen MR) is 65.2 cm³/mol. The van der Waals surface area contributed by atoms with Crippen LogP contribution < -0.4 is 5.32 Å². The van der Waals surface area contributed by atoms with Crippen LogP contribution in [0.1, 0.15) is 26.3 Å². The summed E-state index contributed by atoms with van der Waals surface area (Å²) in [5, 5.41) is 3.30.